The predicted octanol–water partition coefficient (Wildman–Crippen LogP) is -0.475. The Morgan fingerprint density at radius 2 is 1.11 bits per heavy atom. The molecule has 9 rings (SSSR count). The Morgan fingerprint density at radius 3 is 1.74 bits per heavy atom. The fraction of sp³-hybridized carbons (Fsp3) is 0.405. The summed E-state index contributed by atoms with van der Waals surface area (Å²) in [6.45, 7) is 2.22. The summed E-state index contributed by atoms with van der Waals surface area (Å²) in [5.74, 6) is -4.24. The summed E-state index contributed by atoms with van der Waals surface area (Å²) in [6.07, 6.45) is -2.99. The van der Waals surface area contributed by atoms with Gasteiger partial charge in [0.15, 0.2) is 0 Å². The maximum atomic E-state index is 15.1. The Bertz CT molecular complexity index is 2320. The number of likely N-dealkylation sites (N-methyl/N-ethyl adjacent to an activating group) is 2. The normalized spacial score (nSPS) is 38.5. The molecule has 276 valence electrons. The second-order valence-electron chi connectivity index (χ2n) is 15.4. The van der Waals surface area contributed by atoms with Crippen LogP contribution in [0, 0.1) is 0 Å². The first-order valence-electron chi connectivity index (χ1n) is 17.2. The van der Waals surface area contributed by atoms with Gasteiger partial charge in [-0.15, -0.1) is 0 Å². The fourth-order valence-corrected chi connectivity index (χ4v) is 12.3. The van der Waals surface area contributed by atoms with Crippen molar-refractivity contribution in [3.05, 3.63) is 95.6 Å². The van der Waals surface area contributed by atoms with Crippen molar-refractivity contribution in [2.45, 2.75) is 83.9 Å². The number of piperazine rings is 2. The molecule has 4 amide bonds. The quantitative estimate of drug-likeness (QED) is 0.272. The molecule has 16 heteroatoms. The summed E-state index contributed by atoms with van der Waals surface area (Å²) in [7, 11) is -2.33. The highest BCUT2D eigenvalue weighted by Gasteiger charge is 2.86. The molecular weight excluding hydrogens is 706 g/mol. The van der Waals surface area contributed by atoms with E-state index in [0.29, 0.717) is 16.0 Å². The number of carbonyl (C=O) groups excluding carboxylic acids is 4. The van der Waals surface area contributed by atoms with E-state index in [0.717, 1.165) is 39.9 Å². The molecule has 1 aliphatic carbocycles. The number of carbonyl (C=O) groups is 4. The van der Waals surface area contributed by atoms with Gasteiger partial charge >= 0.3 is 0 Å². The lowest BCUT2D eigenvalue weighted by atomic mass is 9.53. The third-order valence-electron chi connectivity index (χ3n) is 13.1. The van der Waals surface area contributed by atoms with Crippen molar-refractivity contribution in [2.75, 3.05) is 18.4 Å². The summed E-state index contributed by atoms with van der Waals surface area (Å²) in [5, 5.41) is 48.5. The van der Waals surface area contributed by atoms with Gasteiger partial charge in [-0.2, -0.15) is 0 Å². The average molecular weight is 744 g/mol. The SMILES string of the molecule is CN1C(=O)C2(O)CC3(C45CC6(O)C(=O)N(C)C(C)(O)C(=O)N6C4N(S(=O)(=O)c4ccccc4)c4ccccc45)c4ccccc4CC3N2C(=O)C1(C)O. The number of anilines is 1. The Hall–Kier alpha value is -4.87. The van der Waals surface area contributed by atoms with E-state index in [4.69, 9.17) is 0 Å². The van der Waals surface area contributed by atoms with Crippen LogP contribution in [-0.4, -0.2) is 121 Å². The fourth-order valence-electron chi connectivity index (χ4n) is 10.6. The number of fused-ring (bicyclic) bond motifs is 11. The molecule has 4 fully saturated rings. The second kappa shape index (κ2) is 9.81. The summed E-state index contributed by atoms with van der Waals surface area (Å²) >= 11 is 0. The lowest BCUT2D eigenvalue weighted by molar-refractivity contribution is -0.224. The minimum Gasteiger partial charge on any atom is -0.363 e. The summed E-state index contributed by atoms with van der Waals surface area (Å²) < 4.78 is 31.2. The molecule has 8 atom stereocenters. The van der Waals surface area contributed by atoms with Crippen molar-refractivity contribution in [1.82, 2.24) is 19.6 Å². The zero-order valence-electron chi connectivity index (χ0n) is 29.2. The molecule has 5 aliphatic heterocycles. The number of hydrogen-bond acceptors (Lipinski definition) is 10. The van der Waals surface area contributed by atoms with Gasteiger partial charge in [0, 0.05) is 32.4 Å². The first kappa shape index (κ1) is 33.9. The molecule has 4 saturated heterocycles. The monoisotopic (exact) mass is 743 g/mol. The van der Waals surface area contributed by atoms with Crippen LogP contribution in [0.3, 0.4) is 0 Å². The molecule has 0 aromatic heterocycles. The lowest BCUT2D eigenvalue weighted by Crippen LogP contribution is -2.76. The zero-order valence-corrected chi connectivity index (χ0v) is 30.0. The van der Waals surface area contributed by atoms with E-state index >= 15 is 8.42 Å². The smallest absolute Gasteiger partial charge is 0.280 e. The van der Waals surface area contributed by atoms with Crippen LogP contribution in [0.25, 0.3) is 0 Å². The van der Waals surface area contributed by atoms with Gasteiger partial charge in [0.2, 0.25) is 22.9 Å². The number of amides is 4. The van der Waals surface area contributed by atoms with Gasteiger partial charge in [0.1, 0.15) is 6.17 Å². The Labute approximate surface area is 304 Å². The van der Waals surface area contributed by atoms with Gasteiger partial charge in [0.25, 0.3) is 33.7 Å². The number of hydrogen-bond donors (Lipinski definition) is 4. The minimum absolute atomic E-state index is 0.0251. The number of rotatable bonds is 3. The first-order chi connectivity index (χ1) is 24.8. The van der Waals surface area contributed by atoms with Gasteiger partial charge in [-0.05, 0) is 55.2 Å². The van der Waals surface area contributed by atoms with E-state index in [1.165, 1.54) is 37.4 Å². The van der Waals surface area contributed by atoms with Crippen LogP contribution in [0.2, 0.25) is 0 Å². The highest BCUT2D eigenvalue weighted by atomic mass is 32.2. The third-order valence-corrected chi connectivity index (χ3v) is 14.9. The lowest BCUT2D eigenvalue weighted by Gasteiger charge is -2.51. The van der Waals surface area contributed by atoms with Crippen molar-refractivity contribution in [2.24, 2.45) is 0 Å². The molecule has 0 saturated carbocycles. The molecule has 0 radical (unpaired) electrons. The molecule has 3 aromatic rings. The second-order valence-corrected chi connectivity index (χ2v) is 17.2. The van der Waals surface area contributed by atoms with Crippen LogP contribution in [-0.2, 0) is 46.5 Å². The van der Waals surface area contributed by atoms with Crippen LogP contribution >= 0.6 is 0 Å². The van der Waals surface area contributed by atoms with Gasteiger partial charge < -0.3 is 30.2 Å². The van der Waals surface area contributed by atoms with E-state index in [9.17, 15) is 39.6 Å². The van der Waals surface area contributed by atoms with E-state index in [-0.39, 0.29) is 22.6 Å². The number of para-hydroxylation sites is 1. The minimum atomic E-state index is -4.68. The third kappa shape index (κ3) is 3.48. The maximum absolute atomic E-state index is 15.1. The number of aliphatic hydroxyl groups is 4. The van der Waals surface area contributed by atoms with Crippen molar-refractivity contribution in [3.63, 3.8) is 0 Å². The predicted molar refractivity (Wildman–Crippen MR) is 183 cm³/mol. The number of nitrogens with zero attached hydrogens (tertiary/aromatic N) is 5. The van der Waals surface area contributed by atoms with Crippen LogP contribution < -0.4 is 4.31 Å². The maximum Gasteiger partial charge on any atom is 0.280 e. The van der Waals surface area contributed by atoms with Gasteiger partial charge in [-0.25, -0.2) is 12.7 Å². The van der Waals surface area contributed by atoms with E-state index in [1.54, 1.807) is 48.5 Å². The van der Waals surface area contributed by atoms with Crippen LogP contribution in [0.1, 0.15) is 43.4 Å². The van der Waals surface area contributed by atoms with Crippen molar-refractivity contribution >= 4 is 39.3 Å². The van der Waals surface area contributed by atoms with Crippen LogP contribution in [0.15, 0.2) is 83.8 Å². The summed E-state index contributed by atoms with van der Waals surface area (Å²) in [4.78, 5) is 60.9. The molecule has 5 heterocycles. The van der Waals surface area contributed by atoms with E-state index in [1.807, 2.05) is 0 Å². The Morgan fingerprint density at radius 1 is 0.623 bits per heavy atom. The standard InChI is InChI=1S/C37H37N5O10S/c1-32(47)28(43)40-26-18-21-12-8-9-15-23(21)34(26,19-36(40,49)30(45)38(32)3)35-20-37(50)31(46)39(4)33(2,48)29(44)41(37)27(35)42(25-17-11-10-16-24(25)35)53(51,52)22-13-6-5-7-14-22/h5-17,26-27,47-50H,18-20H2,1-4H3. The topological polar surface area (TPSA) is 200 Å². The molecule has 0 spiro atoms. The van der Waals surface area contributed by atoms with Gasteiger partial charge in [-0.3, -0.25) is 29.0 Å². The molecule has 4 N–H and O–H groups in total. The summed E-state index contributed by atoms with van der Waals surface area (Å²) in [5.41, 5.74) is -12.4. The van der Waals surface area contributed by atoms with Crippen LogP contribution in [0.4, 0.5) is 5.69 Å². The zero-order chi connectivity index (χ0) is 38.1. The highest BCUT2D eigenvalue weighted by molar-refractivity contribution is 7.93. The number of benzene rings is 3. The Kier molecular flexibility index (Phi) is 6.28. The average Bonchev–Trinajstić information content (AvgIpc) is 3.79. The highest BCUT2D eigenvalue weighted by Crippen LogP contribution is 2.73. The molecule has 3 aromatic carbocycles. The van der Waals surface area contributed by atoms with Crippen LogP contribution in [0.5, 0.6) is 0 Å². The molecule has 0 bridgehead atoms. The van der Waals surface area contributed by atoms with Crippen molar-refractivity contribution in [1.29, 1.82) is 0 Å². The van der Waals surface area contributed by atoms with Crippen molar-refractivity contribution < 1.29 is 48.0 Å². The molecule has 8 unspecified atom stereocenters. The van der Waals surface area contributed by atoms with E-state index in [2.05, 4.69) is 0 Å². The Balaban J connectivity index is 1.44. The van der Waals surface area contributed by atoms with E-state index < -0.39 is 92.4 Å². The largest absolute Gasteiger partial charge is 0.363 e. The first-order valence-corrected chi connectivity index (χ1v) is 18.6. The number of sulfonamides is 1. The summed E-state index contributed by atoms with van der Waals surface area (Å²) in [6, 6.07) is 19.7. The molecular formula is C37H37N5O10S. The van der Waals surface area contributed by atoms with Crippen molar-refractivity contribution in [3.8, 4) is 0 Å². The molecule has 6 aliphatic rings. The van der Waals surface area contributed by atoms with Gasteiger partial charge in [0.05, 0.1) is 22.0 Å². The molecule has 53 heavy (non-hydrogen) atoms. The molecule has 15 nitrogen and oxygen atoms in total. The van der Waals surface area contributed by atoms with Gasteiger partial charge in [-0.1, -0.05) is 60.7 Å².